The quantitative estimate of drug-likeness (QED) is 0.914. The van der Waals surface area contributed by atoms with Gasteiger partial charge in [0.2, 0.25) is 0 Å². The molecule has 0 unspecified atom stereocenters. The zero-order valence-corrected chi connectivity index (χ0v) is 14.7. The van der Waals surface area contributed by atoms with E-state index in [1.165, 1.54) is 0 Å². The summed E-state index contributed by atoms with van der Waals surface area (Å²) in [6.45, 7) is 3.52. The van der Waals surface area contributed by atoms with Crippen molar-refractivity contribution < 1.29 is 14.3 Å². The first kappa shape index (κ1) is 17.0. The van der Waals surface area contributed by atoms with Gasteiger partial charge in [-0.15, -0.1) is 0 Å². The first-order valence-corrected chi connectivity index (χ1v) is 9.04. The van der Waals surface area contributed by atoms with E-state index in [1.54, 1.807) is 6.20 Å². The summed E-state index contributed by atoms with van der Waals surface area (Å²) in [7, 11) is 0. The van der Waals surface area contributed by atoms with Crippen molar-refractivity contribution in [1.29, 1.82) is 0 Å². The molecule has 2 aliphatic heterocycles. The minimum Gasteiger partial charge on any atom is -0.370 e. The predicted molar refractivity (Wildman–Crippen MR) is 97.9 cm³/mol. The molecule has 0 atom stereocenters. The molecule has 1 aromatic carbocycles. The lowest BCUT2D eigenvalue weighted by atomic mass is 10.0. The van der Waals surface area contributed by atoms with Crippen molar-refractivity contribution in [3.05, 3.63) is 59.9 Å². The Morgan fingerprint density at radius 3 is 2.58 bits per heavy atom. The topological polar surface area (TPSA) is 63.7 Å². The van der Waals surface area contributed by atoms with Gasteiger partial charge in [-0.3, -0.25) is 9.78 Å². The average Bonchev–Trinajstić information content (AvgIpc) is 3.15. The molecule has 1 aromatic heterocycles. The van der Waals surface area contributed by atoms with E-state index < -0.39 is 5.79 Å². The monoisotopic (exact) mass is 353 g/mol. The number of hydrogen-bond acceptors (Lipinski definition) is 5. The number of piperidine rings is 1. The number of nitrogens with one attached hydrogen (secondary N) is 1. The minimum atomic E-state index is -0.394. The van der Waals surface area contributed by atoms with Crippen LogP contribution in [0.3, 0.4) is 0 Å². The Hall–Kier alpha value is -2.44. The van der Waals surface area contributed by atoms with Gasteiger partial charge in [-0.05, 0) is 11.6 Å². The molecule has 0 radical (unpaired) electrons. The number of ether oxygens (including phenoxy) is 2. The lowest BCUT2D eigenvalue weighted by molar-refractivity contribution is -0.169. The van der Waals surface area contributed by atoms with Crippen LogP contribution in [0.1, 0.15) is 28.8 Å². The number of anilines is 1. The SMILES string of the molecule is O=C(NCc1ccccc1)c1cncc(N2CCC3(CC2)OCCO3)c1. The fourth-order valence-corrected chi connectivity index (χ4v) is 3.50. The van der Waals surface area contributed by atoms with Crippen molar-refractivity contribution in [1.82, 2.24) is 10.3 Å². The molecule has 3 heterocycles. The van der Waals surface area contributed by atoms with E-state index in [0.717, 1.165) is 37.2 Å². The number of amides is 1. The maximum atomic E-state index is 12.4. The normalized spacial score (nSPS) is 18.8. The van der Waals surface area contributed by atoms with Gasteiger partial charge >= 0.3 is 0 Å². The van der Waals surface area contributed by atoms with Crippen LogP contribution in [0.5, 0.6) is 0 Å². The van der Waals surface area contributed by atoms with Crippen LogP contribution in [0.15, 0.2) is 48.8 Å². The van der Waals surface area contributed by atoms with Crippen molar-refractivity contribution >= 4 is 11.6 Å². The number of pyridine rings is 1. The Kier molecular flexibility index (Phi) is 4.86. The lowest BCUT2D eigenvalue weighted by Gasteiger charge is -2.38. The molecule has 4 rings (SSSR count). The number of rotatable bonds is 4. The van der Waals surface area contributed by atoms with Gasteiger partial charge in [-0.2, -0.15) is 0 Å². The highest BCUT2D eigenvalue weighted by atomic mass is 16.7. The van der Waals surface area contributed by atoms with Crippen molar-refractivity contribution in [3.8, 4) is 0 Å². The zero-order valence-electron chi connectivity index (χ0n) is 14.7. The number of aromatic nitrogens is 1. The van der Waals surface area contributed by atoms with Gasteiger partial charge in [0.15, 0.2) is 5.79 Å². The second-order valence-corrected chi connectivity index (χ2v) is 6.69. The molecule has 2 aliphatic rings. The van der Waals surface area contributed by atoms with E-state index in [1.807, 2.05) is 42.6 Å². The second kappa shape index (κ2) is 7.43. The lowest BCUT2D eigenvalue weighted by Crippen LogP contribution is -2.45. The van der Waals surface area contributed by atoms with Gasteiger partial charge in [0.1, 0.15) is 0 Å². The number of carbonyl (C=O) groups is 1. The smallest absolute Gasteiger partial charge is 0.253 e. The Bertz CT molecular complexity index is 750. The van der Waals surface area contributed by atoms with Gasteiger partial charge < -0.3 is 19.7 Å². The summed E-state index contributed by atoms with van der Waals surface area (Å²) >= 11 is 0. The summed E-state index contributed by atoms with van der Waals surface area (Å²) in [5, 5.41) is 2.95. The van der Waals surface area contributed by atoms with Gasteiger partial charge in [-0.1, -0.05) is 30.3 Å². The summed E-state index contributed by atoms with van der Waals surface area (Å²) in [6, 6.07) is 11.8. The third-order valence-electron chi connectivity index (χ3n) is 4.99. The standard InChI is InChI=1S/C20H23N3O3/c24-19(22-13-16-4-2-1-3-5-16)17-12-18(15-21-14-17)23-8-6-20(7-9-23)25-10-11-26-20/h1-5,12,14-15H,6-11,13H2,(H,22,24). The van der Waals surface area contributed by atoms with Gasteiger partial charge in [-0.25, -0.2) is 0 Å². The summed E-state index contributed by atoms with van der Waals surface area (Å²) in [6.07, 6.45) is 5.08. The Morgan fingerprint density at radius 1 is 1.12 bits per heavy atom. The number of benzene rings is 1. The molecule has 26 heavy (non-hydrogen) atoms. The molecule has 136 valence electrons. The van der Waals surface area contributed by atoms with Crippen LogP contribution in [-0.2, 0) is 16.0 Å². The fraction of sp³-hybridized carbons (Fsp3) is 0.400. The van der Waals surface area contributed by atoms with Crippen LogP contribution >= 0.6 is 0 Å². The predicted octanol–water partition coefficient (Wildman–Crippen LogP) is 2.35. The molecule has 1 amide bonds. The average molecular weight is 353 g/mol. The largest absolute Gasteiger partial charge is 0.370 e. The zero-order chi connectivity index (χ0) is 17.8. The maximum Gasteiger partial charge on any atom is 0.253 e. The summed E-state index contributed by atoms with van der Waals surface area (Å²) < 4.78 is 11.5. The molecule has 1 N–H and O–H groups in total. The highest BCUT2D eigenvalue weighted by molar-refractivity contribution is 5.94. The highest BCUT2D eigenvalue weighted by Gasteiger charge is 2.39. The van der Waals surface area contributed by atoms with Crippen LogP contribution in [0.25, 0.3) is 0 Å². The van der Waals surface area contributed by atoms with Gasteiger partial charge in [0.05, 0.1) is 30.7 Å². The van der Waals surface area contributed by atoms with Crippen molar-refractivity contribution in [2.24, 2.45) is 0 Å². The van der Waals surface area contributed by atoms with Crippen molar-refractivity contribution in [2.45, 2.75) is 25.2 Å². The van der Waals surface area contributed by atoms with E-state index in [2.05, 4.69) is 15.2 Å². The molecule has 6 heteroatoms. The molecular weight excluding hydrogens is 330 g/mol. The Labute approximate surface area is 153 Å². The van der Waals surface area contributed by atoms with Crippen LogP contribution in [-0.4, -0.2) is 43.0 Å². The first-order chi connectivity index (χ1) is 12.7. The first-order valence-electron chi connectivity index (χ1n) is 9.04. The molecule has 2 fully saturated rings. The summed E-state index contributed by atoms with van der Waals surface area (Å²) in [5.41, 5.74) is 2.61. The summed E-state index contributed by atoms with van der Waals surface area (Å²) in [4.78, 5) is 18.9. The van der Waals surface area contributed by atoms with Gasteiger partial charge in [0.25, 0.3) is 5.91 Å². The highest BCUT2D eigenvalue weighted by Crippen LogP contribution is 2.33. The van der Waals surface area contributed by atoms with Crippen molar-refractivity contribution in [3.63, 3.8) is 0 Å². The van der Waals surface area contributed by atoms with Crippen LogP contribution < -0.4 is 10.2 Å². The number of carbonyl (C=O) groups excluding carboxylic acids is 1. The third-order valence-corrected chi connectivity index (χ3v) is 4.99. The fourth-order valence-electron chi connectivity index (χ4n) is 3.50. The third kappa shape index (κ3) is 3.71. The van der Waals surface area contributed by atoms with Crippen molar-refractivity contribution in [2.75, 3.05) is 31.2 Å². The minimum absolute atomic E-state index is 0.112. The van der Waals surface area contributed by atoms with E-state index in [0.29, 0.717) is 25.3 Å². The molecule has 1 spiro atoms. The van der Waals surface area contributed by atoms with E-state index >= 15 is 0 Å². The maximum absolute atomic E-state index is 12.4. The molecular formula is C20H23N3O3. The molecule has 0 aliphatic carbocycles. The molecule has 2 saturated heterocycles. The molecule has 6 nitrogen and oxygen atoms in total. The van der Waals surface area contributed by atoms with E-state index in [-0.39, 0.29) is 5.91 Å². The number of hydrogen-bond donors (Lipinski definition) is 1. The van der Waals surface area contributed by atoms with Crippen LogP contribution in [0.2, 0.25) is 0 Å². The number of nitrogens with zero attached hydrogens (tertiary/aromatic N) is 2. The van der Waals surface area contributed by atoms with Gasteiger partial charge in [0, 0.05) is 38.7 Å². The van der Waals surface area contributed by atoms with E-state index in [4.69, 9.17) is 9.47 Å². The van der Waals surface area contributed by atoms with E-state index in [9.17, 15) is 4.79 Å². The second-order valence-electron chi connectivity index (χ2n) is 6.69. The Balaban J connectivity index is 1.38. The molecule has 0 saturated carbocycles. The summed E-state index contributed by atoms with van der Waals surface area (Å²) in [5.74, 6) is -0.506. The molecule has 0 bridgehead atoms. The molecule has 2 aromatic rings. The Morgan fingerprint density at radius 2 is 1.85 bits per heavy atom. The van der Waals surface area contributed by atoms with Crippen LogP contribution in [0.4, 0.5) is 5.69 Å². The van der Waals surface area contributed by atoms with Crippen LogP contribution in [0, 0.1) is 0 Å².